The number of amides is 1. The number of nitrogens with one attached hydrogen (secondary N) is 1. The van der Waals surface area contributed by atoms with E-state index in [1.807, 2.05) is 36.4 Å². The van der Waals surface area contributed by atoms with Crippen LogP contribution in [0.15, 0.2) is 94.7 Å². The quantitative estimate of drug-likeness (QED) is 0.188. The van der Waals surface area contributed by atoms with Gasteiger partial charge in [0.15, 0.2) is 9.79 Å². The van der Waals surface area contributed by atoms with Gasteiger partial charge in [0.25, 0.3) is 0 Å². The highest BCUT2D eigenvalue weighted by Crippen LogP contribution is 2.25. The fourth-order valence-electron chi connectivity index (χ4n) is 6.01. The summed E-state index contributed by atoms with van der Waals surface area (Å²) < 4.78 is 108. The molecule has 11 nitrogen and oxygen atoms in total. The second-order valence-corrected chi connectivity index (χ2v) is 16.3. The summed E-state index contributed by atoms with van der Waals surface area (Å²) >= 11 is 0. The Morgan fingerprint density at radius 3 is 1.26 bits per heavy atom. The Labute approximate surface area is 306 Å². The normalized spacial score (nSPS) is 16.5. The number of benzene rings is 4. The molecule has 3 N–H and O–H groups in total. The van der Waals surface area contributed by atoms with Gasteiger partial charge >= 0.3 is 0 Å². The Hall–Kier alpha value is -4.39. The van der Waals surface area contributed by atoms with E-state index in [1.54, 1.807) is 12.1 Å². The molecule has 1 amide bonds. The summed E-state index contributed by atoms with van der Waals surface area (Å²) in [7, 11) is -8.41. The summed E-state index contributed by atoms with van der Waals surface area (Å²) in [6, 6.07) is 20.9. The Morgan fingerprint density at radius 1 is 0.585 bits per heavy atom. The second-order valence-electron chi connectivity index (χ2n) is 12.6. The van der Waals surface area contributed by atoms with E-state index in [1.165, 1.54) is 6.92 Å². The minimum Gasteiger partial charge on any atom is -0.399 e. The minimum absolute atomic E-state index is 0.142. The van der Waals surface area contributed by atoms with E-state index in [4.69, 9.17) is 5.73 Å². The number of sulfonamides is 2. The van der Waals surface area contributed by atoms with Crippen molar-refractivity contribution in [1.82, 2.24) is 18.4 Å². The molecule has 0 saturated carbocycles. The zero-order valence-corrected chi connectivity index (χ0v) is 30.5. The average Bonchev–Trinajstić information content (AvgIpc) is 3.10. The van der Waals surface area contributed by atoms with E-state index in [9.17, 15) is 39.2 Å². The molecule has 2 aliphatic rings. The van der Waals surface area contributed by atoms with Gasteiger partial charge in [0.05, 0.1) is 0 Å². The number of nitrogens with two attached hydrogens (primary N) is 1. The maximum absolute atomic E-state index is 13.9. The molecule has 17 heteroatoms. The molecule has 0 aliphatic carbocycles. The van der Waals surface area contributed by atoms with Crippen molar-refractivity contribution in [3.63, 3.8) is 0 Å². The lowest BCUT2D eigenvalue weighted by atomic mass is 10.2. The van der Waals surface area contributed by atoms with Gasteiger partial charge in [-0.15, -0.1) is 0 Å². The maximum Gasteiger partial charge on any atom is 0.249 e. The summed E-state index contributed by atoms with van der Waals surface area (Å²) in [6.07, 6.45) is 0. The van der Waals surface area contributed by atoms with E-state index in [2.05, 4.69) is 15.1 Å². The van der Waals surface area contributed by atoms with Crippen LogP contribution in [-0.4, -0.2) is 93.5 Å². The van der Waals surface area contributed by atoms with Gasteiger partial charge in [-0.1, -0.05) is 36.4 Å². The van der Waals surface area contributed by atoms with Crippen LogP contribution in [0, 0.1) is 23.3 Å². The van der Waals surface area contributed by atoms with Crippen molar-refractivity contribution in [1.29, 1.82) is 0 Å². The number of rotatable bonds is 9. The van der Waals surface area contributed by atoms with Crippen LogP contribution in [0.1, 0.15) is 18.1 Å². The largest absolute Gasteiger partial charge is 0.399 e. The molecule has 4 aromatic rings. The molecular formula is C36H40F4N6O5S2. The highest BCUT2D eigenvalue weighted by atomic mass is 32.2. The van der Waals surface area contributed by atoms with E-state index in [0.717, 1.165) is 56.1 Å². The number of nitrogen functional groups attached to an aromatic ring is 1. The lowest BCUT2D eigenvalue weighted by molar-refractivity contribution is -0.114. The number of hydrogen-bond acceptors (Lipinski definition) is 8. The van der Waals surface area contributed by atoms with E-state index in [0.29, 0.717) is 50.6 Å². The molecule has 2 fully saturated rings. The third-order valence-electron chi connectivity index (χ3n) is 8.76. The van der Waals surface area contributed by atoms with Crippen LogP contribution >= 0.6 is 0 Å². The number of carbonyl (C=O) groups is 1. The second kappa shape index (κ2) is 17.2. The summed E-state index contributed by atoms with van der Waals surface area (Å²) in [6.45, 7) is 5.26. The minimum atomic E-state index is -4.22. The first-order chi connectivity index (χ1) is 25.1. The first-order valence-electron chi connectivity index (χ1n) is 16.7. The average molecular weight is 777 g/mol. The van der Waals surface area contributed by atoms with Crippen molar-refractivity contribution in [3.8, 4) is 0 Å². The van der Waals surface area contributed by atoms with Gasteiger partial charge in [-0.2, -0.15) is 8.61 Å². The first kappa shape index (κ1) is 39.8. The number of nitrogens with zero attached hydrogens (tertiary/aromatic N) is 4. The van der Waals surface area contributed by atoms with Gasteiger partial charge in [0.2, 0.25) is 26.0 Å². The van der Waals surface area contributed by atoms with Crippen molar-refractivity contribution < 1.29 is 39.2 Å². The topological polar surface area (TPSA) is 136 Å². The van der Waals surface area contributed by atoms with Gasteiger partial charge in [-0.05, 0) is 59.7 Å². The molecule has 2 saturated heterocycles. The maximum atomic E-state index is 13.9. The zero-order chi connectivity index (χ0) is 38.3. The molecule has 284 valence electrons. The van der Waals surface area contributed by atoms with Crippen LogP contribution in [-0.2, 0) is 37.9 Å². The number of carbonyl (C=O) groups excluding carboxylic acids is 1. The van der Waals surface area contributed by atoms with E-state index < -0.39 is 53.1 Å². The molecule has 0 unspecified atom stereocenters. The van der Waals surface area contributed by atoms with Crippen LogP contribution in [0.4, 0.5) is 28.9 Å². The lowest BCUT2D eigenvalue weighted by Gasteiger charge is -2.34. The Morgan fingerprint density at radius 2 is 0.925 bits per heavy atom. The summed E-state index contributed by atoms with van der Waals surface area (Å²) in [5.74, 6) is -4.44. The van der Waals surface area contributed by atoms with Gasteiger partial charge in [0.1, 0.15) is 23.3 Å². The first-order valence-corrected chi connectivity index (χ1v) is 19.6. The molecule has 2 heterocycles. The Kier molecular flexibility index (Phi) is 12.9. The van der Waals surface area contributed by atoms with Gasteiger partial charge in [-0.3, -0.25) is 14.6 Å². The van der Waals surface area contributed by atoms with Crippen molar-refractivity contribution >= 4 is 37.3 Å². The van der Waals surface area contributed by atoms with Crippen molar-refractivity contribution in [2.75, 3.05) is 63.4 Å². The summed E-state index contributed by atoms with van der Waals surface area (Å²) in [5, 5.41) is 2.70. The van der Waals surface area contributed by atoms with Gasteiger partial charge in [0, 0.05) is 83.7 Å². The number of hydrogen-bond donors (Lipinski definition) is 2. The number of halogens is 4. The highest BCUT2D eigenvalue weighted by molar-refractivity contribution is 7.89. The molecule has 0 aromatic heterocycles. The fraction of sp³-hybridized carbons (Fsp3) is 0.306. The van der Waals surface area contributed by atoms with Crippen LogP contribution in [0.2, 0.25) is 0 Å². The number of piperazine rings is 2. The lowest BCUT2D eigenvalue weighted by Crippen LogP contribution is -2.48. The molecule has 0 atom stereocenters. The SMILES string of the molecule is CC(=O)Nc1ccc(CN2CCN(S(=O)(=O)c3c(F)cccc3F)CC2)cc1.Nc1ccc(CN2CCN(S(=O)(=O)c3c(F)cccc3F)CC2)cc1. The zero-order valence-electron chi connectivity index (χ0n) is 28.9. The van der Waals surface area contributed by atoms with Crippen molar-refractivity contribution in [3.05, 3.63) is 119 Å². The third kappa shape index (κ3) is 9.98. The smallest absolute Gasteiger partial charge is 0.249 e. The Bertz CT molecular complexity index is 2070. The molecule has 2 aliphatic heterocycles. The monoisotopic (exact) mass is 776 g/mol. The molecule has 0 radical (unpaired) electrons. The molecule has 0 spiro atoms. The van der Waals surface area contributed by atoms with Gasteiger partial charge in [-0.25, -0.2) is 34.4 Å². The summed E-state index contributed by atoms with van der Waals surface area (Å²) in [4.78, 5) is 13.4. The van der Waals surface area contributed by atoms with E-state index in [-0.39, 0.29) is 32.1 Å². The van der Waals surface area contributed by atoms with Crippen LogP contribution < -0.4 is 11.1 Å². The predicted octanol–water partition coefficient (Wildman–Crippen LogP) is 4.48. The van der Waals surface area contributed by atoms with Crippen molar-refractivity contribution in [2.45, 2.75) is 29.8 Å². The molecule has 6 rings (SSSR count). The highest BCUT2D eigenvalue weighted by Gasteiger charge is 2.34. The molecule has 53 heavy (non-hydrogen) atoms. The van der Waals surface area contributed by atoms with Crippen molar-refractivity contribution in [2.24, 2.45) is 0 Å². The third-order valence-corrected chi connectivity index (χ3v) is 12.7. The molecular weight excluding hydrogens is 737 g/mol. The van der Waals surface area contributed by atoms with Crippen LogP contribution in [0.5, 0.6) is 0 Å². The van der Waals surface area contributed by atoms with Gasteiger partial charge < -0.3 is 11.1 Å². The standard InChI is InChI=1S/C19H21F2N3O3S.C17H19F2N3O2S/c1-14(25)22-16-7-5-15(6-8-16)13-23-9-11-24(12-10-23)28(26,27)19-17(20)3-2-4-18(19)21;18-15-2-1-3-16(19)17(15)25(23,24)22-10-8-21(9-11-22)12-13-4-6-14(20)7-5-13/h2-8H,9-13H2,1H3,(H,22,25);1-7H,8-12,20H2. The van der Waals surface area contributed by atoms with Crippen LogP contribution in [0.3, 0.4) is 0 Å². The summed E-state index contributed by atoms with van der Waals surface area (Å²) in [5.41, 5.74) is 9.15. The fourth-order valence-corrected chi connectivity index (χ4v) is 9.07. The molecule has 4 aromatic carbocycles. The number of anilines is 2. The van der Waals surface area contributed by atoms with E-state index >= 15 is 0 Å². The Balaban J connectivity index is 0.000000206. The van der Waals surface area contributed by atoms with Crippen LogP contribution in [0.25, 0.3) is 0 Å². The molecule has 0 bridgehead atoms. The predicted molar refractivity (Wildman–Crippen MR) is 192 cm³/mol.